The average molecular weight is 377 g/mol. The van der Waals surface area contributed by atoms with E-state index in [1.165, 1.54) is 7.11 Å². The van der Waals surface area contributed by atoms with Crippen LogP contribution in [0.2, 0.25) is 5.02 Å². The normalized spacial score (nSPS) is 14.2. The van der Waals surface area contributed by atoms with Gasteiger partial charge in [0, 0.05) is 29.9 Å². The predicted octanol–water partition coefficient (Wildman–Crippen LogP) is 2.84. The monoisotopic (exact) mass is 376 g/mol. The van der Waals surface area contributed by atoms with E-state index in [9.17, 15) is 4.79 Å². The Balaban J connectivity index is 1.86. The molecule has 1 aliphatic rings. The standard InChI is InChI=1S/C18H21ClN4O3/c1-11-8-14(16(25-3)10-13(11)19)21-17(24)15-9-12(2)20-18(22-15)23-4-6-26-7-5-23/h8-10H,4-7H2,1-3H3,(H,21,24). The molecule has 0 bridgehead atoms. The molecule has 138 valence electrons. The summed E-state index contributed by atoms with van der Waals surface area (Å²) >= 11 is 6.12. The first-order chi connectivity index (χ1) is 12.5. The van der Waals surface area contributed by atoms with Crippen LogP contribution >= 0.6 is 11.6 Å². The van der Waals surface area contributed by atoms with Gasteiger partial charge in [-0.2, -0.15) is 0 Å². The molecule has 0 saturated carbocycles. The van der Waals surface area contributed by atoms with Gasteiger partial charge in [-0.15, -0.1) is 0 Å². The van der Waals surface area contributed by atoms with E-state index in [1.54, 1.807) is 18.2 Å². The number of benzene rings is 1. The van der Waals surface area contributed by atoms with E-state index in [0.717, 1.165) is 11.3 Å². The number of aromatic nitrogens is 2. The number of carbonyl (C=O) groups is 1. The molecule has 7 nitrogen and oxygen atoms in total. The maximum absolute atomic E-state index is 12.7. The Bertz CT molecular complexity index is 822. The first kappa shape index (κ1) is 18.4. The van der Waals surface area contributed by atoms with Gasteiger partial charge in [0.15, 0.2) is 0 Å². The zero-order valence-corrected chi connectivity index (χ0v) is 15.8. The molecular formula is C18H21ClN4O3. The molecule has 0 spiro atoms. The summed E-state index contributed by atoms with van der Waals surface area (Å²) < 4.78 is 10.7. The van der Waals surface area contributed by atoms with Crippen LogP contribution in [0.15, 0.2) is 18.2 Å². The fourth-order valence-electron chi connectivity index (χ4n) is 2.69. The molecule has 0 aliphatic carbocycles. The first-order valence-corrected chi connectivity index (χ1v) is 8.69. The number of carbonyl (C=O) groups excluding carboxylic acids is 1. The van der Waals surface area contributed by atoms with Crippen molar-refractivity contribution in [1.29, 1.82) is 0 Å². The number of amides is 1. The number of halogens is 1. The highest BCUT2D eigenvalue weighted by atomic mass is 35.5. The van der Waals surface area contributed by atoms with Crippen molar-refractivity contribution in [2.75, 3.05) is 43.6 Å². The number of methoxy groups -OCH3 is 1. The van der Waals surface area contributed by atoms with Crippen molar-refractivity contribution >= 4 is 29.1 Å². The van der Waals surface area contributed by atoms with Crippen LogP contribution in [0.25, 0.3) is 0 Å². The summed E-state index contributed by atoms with van der Waals surface area (Å²) in [4.78, 5) is 23.6. The van der Waals surface area contributed by atoms with Crippen LogP contribution in [0, 0.1) is 13.8 Å². The molecule has 1 amide bonds. The molecule has 2 aromatic rings. The van der Waals surface area contributed by atoms with E-state index >= 15 is 0 Å². The van der Waals surface area contributed by atoms with Crippen molar-refractivity contribution < 1.29 is 14.3 Å². The van der Waals surface area contributed by atoms with Gasteiger partial charge < -0.3 is 19.7 Å². The summed E-state index contributed by atoms with van der Waals surface area (Å²) in [5, 5.41) is 3.42. The first-order valence-electron chi connectivity index (χ1n) is 8.32. The molecule has 26 heavy (non-hydrogen) atoms. The zero-order chi connectivity index (χ0) is 18.7. The summed E-state index contributed by atoms with van der Waals surface area (Å²) in [6.07, 6.45) is 0. The molecule has 1 aliphatic heterocycles. The van der Waals surface area contributed by atoms with Crippen LogP contribution in [0.5, 0.6) is 5.75 Å². The summed E-state index contributed by atoms with van der Waals surface area (Å²) in [6.45, 7) is 6.36. The molecule has 1 aromatic carbocycles. The third kappa shape index (κ3) is 4.05. The van der Waals surface area contributed by atoms with Crippen LogP contribution in [-0.2, 0) is 4.74 Å². The van der Waals surface area contributed by atoms with Gasteiger partial charge in [-0.1, -0.05) is 11.6 Å². The average Bonchev–Trinajstić information content (AvgIpc) is 2.64. The van der Waals surface area contributed by atoms with Gasteiger partial charge in [0.2, 0.25) is 5.95 Å². The second-order valence-corrected chi connectivity index (χ2v) is 6.46. The second-order valence-electron chi connectivity index (χ2n) is 6.05. The molecule has 0 radical (unpaired) electrons. The number of rotatable bonds is 4. The molecule has 1 aromatic heterocycles. The van der Waals surface area contributed by atoms with Gasteiger partial charge in [-0.3, -0.25) is 4.79 Å². The molecule has 2 heterocycles. The molecule has 0 unspecified atom stereocenters. The van der Waals surface area contributed by atoms with Gasteiger partial charge in [-0.25, -0.2) is 9.97 Å². The van der Waals surface area contributed by atoms with E-state index in [1.807, 2.05) is 18.7 Å². The summed E-state index contributed by atoms with van der Waals surface area (Å²) in [6, 6.07) is 5.11. The Morgan fingerprint density at radius 2 is 1.96 bits per heavy atom. The lowest BCUT2D eigenvalue weighted by atomic mass is 10.2. The molecule has 1 saturated heterocycles. The topological polar surface area (TPSA) is 76.6 Å². The van der Waals surface area contributed by atoms with E-state index in [0.29, 0.717) is 54.4 Å². The highest BCUT2D eigenvalue weighted by Crippen LogP contribution is 2.31. The number of hydrogen-bond acceptors (Lipinski definition) is 6. The molecule has 1 fully saturated rings. The Morgan fingerprint density at radius 3 is 2.65 bits per heavy atom. The quantitative estimate of drug-likeness (QED) is 0.884. The number of morpholine rings is 1. The third-order valence-electron chi connectivity index (χ3n) is 4.10. The van der Waals surface area contributed by atoms with Gasteiger partial charge in [0.05, 0.1) is 26.0 Å². The van der Waals surface area contributed by atoms with Crippen LogP contribution in [0.3, 0.4) is 0 Å². The minimum Gasteiger partial charge on any atom is -0.495 e. The van der Waals surface area contributed by atoms with E-state index in [2.05, 4.69) is 15.3 Å². The Morgan fingerprint density at radius 1 is 1.23 bits per heavy atom. The molecule has 8 heteroatoms. The number of nitrogens with one attached hydrogen (secondary N) is 1. The number of anilines is 2. The third-order valence-corrected chi connectivity index (χ3v) is 4.51. The second kappa shape index (κ2) is 7.88. The largest absolute Gasteiger partial charge is 0.495 e. The van der Waals surface area contributed by atoms with Crippen molar-refractivity contribution in [3.05, 3.63) is 40.2 Å². The van der Waals surface area contributed by atoms with Crippen LogP contribution in [-0.4, -0.2) is 49.3 Å². The maximum Gasteiger partial charge on any atom is 0.274 e. The highest BCUT2D eigenvalue weighted by molar-refractivity contribution is 6.31. The van der Waals surface area contributed by atoms with E-state index < -0.39 is 0 Å². The molecule has 1 N–H and O–H groups in total. The smallest absolute Gasteiger partial charge is 0.274 e. The number of aryl methyl sites for hydroxylation is 2. The van der Waals surface area contributed by atoms with Crippen molar-refractivity contribution in [2.24, 2.45) is 0 Å². The van der Waals surface area contributed by atoms with Gasteiger partial charge >= 0.3 is 0 Å². The Kier molecular flexibility index (Phi) is 5.58. The number of nitrogens with zero attached hydrogens (tertiary/aromatic N) is 3. The molecule has 0 atom stereocenters. The van der Waals surface area contributed by atoms with Crippen LogP contribution < -0.4 is 15.0 Å². The highest BCUT2D eigenvalue weighted by Gasteiger charge is 2.18. The van der Waals surface area contributed by atoms with E-state index in [-0.39, 0.29) is 5.91 Å². The Hall–Kier alpha value is -2.38. The lowest BCUT2D eigenvalue weighted by Gasteiger charge is -2.27. The maximum atomic E-state index is 12.7. The number of hydrogen-bond donors (Lipinski definition) is 1. The zero-order valence-electron chi connectivity index (χ0n) is 15.0. The van der Waals surface area contributed by atoms with Crippen molar-refractivity contribution in [3.63, 3.8) is 0 Å². The fraction of sp³-hybridized carbons (Fsp3) is 0.389. The molecular weight excluding hydrogens is 356 g/mol. The minimum absolute atomic E-state index is 0.300. The van der Waals surface area contributed by atoms with Gasteiger partial charge in [0.1, 0.15) is 11.4 Å². The Labute approximate surface area is 157 Å². The number of ether oxygens (including phenoxy) is 2. The minimum atomic E-state index is -0.329. The van der Waals surface area contributed by atoms with E-state index in [4.69, 9.17) is 21.1 Å². The summed E-state index contributed by atoms with van der Waals surface area (Å²) in [5.41, 5.74) is 2.42. The summed E-state index contributed by atoms with van der Waals surface area (Å²) in [5.74, 6) is 0.705. The molecule has 3 rings (SSSR count). The fourth-order valence-corrected chi connectivity index (χ4v) is 2.84. The lowest BCUT2D eigenvalue weighted by molar-refractivity contribution is 0.102. The van der Waals surface area contributed by atoms with Crippen LogP contribution in [0.4, 0.5) is 11.6 Å². The van der Waals surface area contributed by atoms with Crippen molar-refractivity contribution in [2.45, 2.75) is 13.8 Å². The van der Waals surface area contributed by atoms with Crippen LogP contribution in [0.1, 0.15) is 21.7 Å². The van der Waals surface area contributed by atoms with Crippen molar-refractivity contribution in [1.82, 2.24) is 9.97 Å². The lowest BCUT2D eigenvalue weighted by Crippen LogP contribution is -2.37. The van der Waals surface area contributed by atoms with Gasteiger partial charge in [-0.05, 0) is 31.5 Å². The van der Waals surface area contributed by atoms with Gasteiger partial charge in [0.25, 0.3) is 5.91 Å². The van der Waals surface area contributed by atoms with Crippen molar-refractivity contribution in [3.8, 4) is 5.75 Å². The summed E-state index contributed by atoms with van der Waals surface area (Å²) in [7, 11) is 1.53. The SMILES string of the molecule is COc1cc(Cl)c(C)cc1NC(=O)c1cc(C)nc(N2CCOCC2)n1. The predicted molar refractivity (Wildman–Crippen MR) is 100 cm³/mol.